The summed E-state index contributed by atoms with van der Waals surface area (Å²) in [5.41, 5.74) is 4.44. The van der Waals surface area contributed by atoms with Crippen molar-refractivity contribution in [3.8, 4) is 0 Å². The van der Waals surface area contributed by atoms with E-state index in [1.807, 2.05) is 0 Å². The second kappa shape index (κ2) is 5.90. The van der Waals surface area contributed by atoms with E-state index in [2.05, 4.69) is 60.6 Å². The van der Waals surface area contributed by atoms with Gasteiger partial charge in [0, 0.05) is 24.0 Å². The molecule has 0 unspecified atom stereocenters. The summed E-state index contributed by atoms with van der Waals surface area (Å²) in [5, 5.41) is 7.68. The van der Waals surface area contributed by atoms with Gasteiger partial charge < -0.3 is 10.6 Å². The van der Waals surface area contributed by atoms with Gasteiger partial charge in [0.15, 0.2) is 0 Å². The van der Waals surface area contributed by atoms with Crippen molar-refractivity contribution in [2.75, 3.05) is 11.9 Å². The number of nitrogens with one attached hydrogen (secondary N) is 2. The fourth-order valence-electron chi connectivity index (χ4n) is 3.50. The number of carbonyl (C=O) groups excluding carboxylic acids is 1. The lowest BCUT2D eigenvalue weighted by Gasteiger charge is -2.31. The zero-order chi connectivity index (χ0) is 16.8. The Morgan fingerprint density at radius 3 is 2.67 bits per heavy atom. The molecule has 126 valence electrons. The lowest BCUT2D eigenvalue weighted by molar-refractivity contribution is 0.0934. The molecule has 1 aromatic heterocycles. The first kappa shape index (κ1) is 15.7. The van der Waals surface area contributed by atoms with Crippen molar-refractivity contribution in [3.63, 3.8) is 0 Å². The average molecular weight is 341 g/mol. The maximum atomic E-state index is 12.7. The van der Waals surface area contributed by atoms with Crippen molar-refractivity contribution >= 4 is 22.2 Å². The third-order valence-electron chi connectivity index (χ3n) is 5.01. The van der Waals surface area contributed by atoms with Gasteiger partial charge in [-0.1, -0.05) is 29.8 Å². The standard InChI is InChI=1S/C19H23N3OS/c1-11(2)22-9-8-14-15(10-22)24-19-16(14)18(23)20-17(21-19)13-6-4-12(3)5-7-13/h4-7,11,17,21H,8-10H2,1-3H3,(H,20,23)/t17-/m0/s1. The molecule has 1 aromatic carbocycles. The molecule has 4 nitrogen and oxygen atoms in total. The quantitative estimate of drug-likeness (QED) is 0.876. The summed E-state index contributed by atoms with van der Waals surface area (Å²) in [6.45, 7) is 8.52. The summed E-state index contributed by atoms with van der Waals surface area (Å²) in [6, 6.07) is 8.86. The second-order valence-corrected chi connectivity index (χ2v) is 8.09. The van der Waals surface area contributed by atoms with Gasteiger partial charge in [0.25, 0.3) is 5.91 Å². The number of anilines is 1. The number of carbonyl (C=O) groups is 1. The van der Waals surface area contributed by atoms with Gasteiger partial charge in [-0.25, -0.2) is 0 Å². The number of hydrogen-bond acceptors (Lipinski definition) is 4. The minimum absolute atomic E-state index is 0.0600. The van der Waals surface area contributed by atoms with Crippen LogP contribution in [0.2, 0.25) is 0 Å². The van der Waals surface area contributed by atoms with Gasteiger partial charge in [0.05, 0.1) is 5.56 Å². The van der Waals surface area contributed by atoms with E-state index in [4.69, 9.17) is 0 Å². The van der Waals surface area contributed by atoms with Crippen LogP contribution in [-0.4, -0.2) is 23.4 Å². The Bertz CT molecular complexity index is 779. The highest BCUT2D eigenvalue weighted by Gasteiger charge is 2.33. The molecule has 2 aliphatic heterocycles. The number of benzene rings is 1. The van der Waals surface area contributed by atoms with Gasteiger partial charge in [-0.2, -0.15) is 0 Å². The average Bonchev–Trinajstić information content (AvgIpc) is 2.93. The topological polar surface area (TPSA) is 44.4 Å². The highest BCUT2D eigenvalue weighted by Crippen LogP contribution is 2.41. The number of fused-ring (bicyclic) bond motifs is 3. The first-order valence-electron chi connectivity index (χ1n) is 8.55. The molecular formula is C19H23N3OS. The van der Waals surface area contributed by atoms with Crippen molar-refractivity contribution in [1.82, 2.24) is 10.2 Å². The van der Waals surface area contributed by atoms with E-state index in [1.54, 1.807) is 11.3 Å². The Morgan fingerprint density at radius 1 is 1.21 bits per heavy atom. The predicted molar refractivity (Wildman–Crippen MR) is 98.6 cm³/mol. The predicted octanol–water partition coefficient (Wildman–Crippen LogP) is 3.68. The van der Waals surface area contributed by atoms with E-state index in [0.717, 1.165) is 35.6 Å². The van der Waals surface area contributed by atoms with Crippen molar-refractivity contribution in [1.29, 1.82) is 0 Å². The Kier molecular flexibility index (Phi) is 3.85. The minimum atomic E-state index is -0.146. The van der Waals surface area contributed by atoms with E-state index in [0.29, 0.717) is 6.04 Å². The van der Waals surface area contributed by atoms with Crippen LogP contribution in [-0.2, 0) is 13.0 Å². The van der Waals surface area contributed by atoms with Crippen molar-refractivity contribution in [3.05, 3.63) is 51.4 Å². The number of nitrogens with zero attached hydrogens (tertiary/aromatic N) is 1. The Hall–Kier alpha value is -1.85. The van der Waals surface area contributed by atoms with Crippen LogP contribution in [0, 0.1) is 6.92 Å². The Labute approximate surface area is 146 Å². The summed E-state index contributed by atoms with van der Waals surface area (Å²) in [7, 11) is 0. The number of aryl methyl sites for hydroxylation is 1. The van der Waals surface area contributed by atoms with Gasteiger partial charge in [-0.3, -0.25) is 9.69 Å². The third-order valence-corrected chi connectivity index (χ3v) is 6.15. The molecular weight excluding hydrogens is 318 g/mol. The largest absolute Gasteiger partial charge is 0.353 e. The van der Waals surface area contributed by atoms with Crippen LogP contribution < -0.4 is 10.6 Å². The number of hydrogen-bond donors (Lipinski definition) is 2. The monoisotopic (exact) mass is 341 g/mol. The number of thiophene rings is 1. The molecule has 24 heavy (non-hydrogen) atoms. The second-order valence-electron chi connectivity index (χ2n) is 6.98. The van der Waals surface area contributed by atoms with Gasteiger partial charge in [-0.15, -0.1) is 11.3 Å². The molecule has 0 saturated heterocycles. The maximum Gasteiger partial charge on any atom is 0.256 e. The molecule has 0 saturated carbocycles. The Balaban J connectivity index is 1.65. The third kappa shape index (κ3) is 2.62. The molecule has 0 spiro atoms. The van der Waals surface area contributed by atoms with E-state index < -0.39 is 0 Å². The van der Waals surface area contributed by atoms with Crippen LogP contribution >= 0.6 is 11.3 Å². The molecule has 0 radical (unpaired) electrons. The molecule has 4 rings (SSSR count). The molecule has 1 atom stereocenters. The minimum Gasteiger partial charge on any atom is -0.353 e. The highest BCUT2D eigenvalue weighted by molar-refractivity contribution is 7.16. The molecule has 1 amide bonds. The molecule has 3 heterocycles. The van der Waals surface area contributed by atoms with Gasteiger partial charge >= 0.3 is 0 Å². The van der Waals surface area contributed by atoms with Crippen LogP contribution in [0.3, 0.4) is 0 Å². The van der Waals surface area contributed by atoms with E-state index in [9.17, 15) is 4.79 Å². The van der Waals surface area contributed by atoms with Crippen LogP contribution in [0.25, 0.3) is 0 Å². The maximum absolute atomic E-state index is 12.7. The summed E-state index contributed by atoms with van der Waals surface area (Å²) < 4.78 is 0. The molecule has 0 aliphatic carbocycles. The van der Waals surface area contributed by atoms with Crippen molar-refractivity contribution in [2.45, 2.75) is 45.9 Å². The molecule has 2 N–H and O–H groups in total. The summed E-state index contributed by atoms with van der Waals surface area (Å²) in [6.07, 6.45) is 0.816. The van der Waals surface area contributed by atoms with Crippen LogP contribution in [0.15, 0.2) is 24.3 Å². The van der Waals surface area contributed by atoms with Crippen LogP contribution in [0.5, 0.6) is 0 Å². The molecule has 0 fully saturated rings. The number of amides is 1. The molecule has 0 bridgehead atoms. The van der Waals surface area contributed by atoms with Crippen molar-refractivity contribution < 1.29 is 4.79 Å². The smallest absolute Gasteiger partial charge is 0.256 e. The summed E-state index contributed by atoms with van der Waals surface area (Å²) in [4.78, 5) is 16.5. The van der Waals surface area contributed by atoms with Crippen LogP contribution in [0.1, 0.15) is 51.9 Å². The molecule has 5 heteroatoms. The first-order valence-corrected chi connectivity index (χ1v) is 9.37. The summed E-state index contributed by atoms with van der Waals surface area (Å²) in [5.74, 6) is 0.0600. The Morgan fingerprint density at radius 2 is 1.96 bits per heavy atom. The molecule has 2 aromatic rings. The van der Waals surface area contributed by atoms with Gasteiger partial charge in [-0.05, 0) is 38.3 Å². The van der Waals surface area contributed by atoms with Gasteiger partial charge in [0.2, 0.25) is 0 Å². The first-order chi connectivity index (χ1) is 11.5. The fraction of sp³-hybridized carbons (Fsp3) is 0.421. The molecule has 2 aliphatic rings. The lowest BCUT2D eigenvalue weighted by Crippen LogP contribution is -2.39. The van der Waals surface area contributed by atoms with E-state index >= 15 is 0 Å². The zero-order valence-electron chi connectivity index (χ0n) is 14.3. The summed E-state index contributed by atoms with van der Waals surface area (Å²) >= 11 is 1.75. The van der Waals surface area contributed by atoms with Crippen LogP contribution in [0.4, 0.5) is 5.00 Å². The highest BCUT2D eigenvalue weighted by atomic mass is 32.1. The van der Waals surface area contributed by atoms with E-state index in [-0.39, 0.29) is 12.1 Å². The number of rotatable bonds is 2. The zero-order valence-corrected chi connectivity index (χ0v) is 15.2. The van der Waals surface area contributed by atoms with Gasteiger partial charge in [0.1, 0.15) is 11.2 Å². The SMILES string of the molecule is Cc1ccc([C@H]2NC(=O)c3c(sc4c3CCN(C(C)C)C4)N2)cc1. The normalized spacial score (nSPS) is 20.3. The van der Waals surface area contributed by atoms with Crippen molar-refractivity contribution in [2.24, 2.45) is 0 Å². The fourth-order valence-corrected chi connectivity index (χ4v) is 4.80. The van der Waals surface area contributed by atoms with E-state index in [1.165, 1.54) is 16.0 Å². The lowest BCUT2D eigenvalue weighted by atomic mass is 9.99.